The SMILES string of the molecule is Cc1ccc(S(=O)(=O)N(CC(=O)NCc2ccc(S(=O)(=O)N3CCOCC3)cc2)Cc2ccccc2)cc1. The summed E-state index contributed by atoms with van der Waals surface area (Å²) in [5.41, 5.74) is 2.38. The third-order valence-electron chi connectivity index (χ3n) is 6.20. The van der Waals surface area contributed by atoms with E-state index in [4.69, 9.17) is 4.74 Å². The van der Waals surface area contributed by atoms with Gasteiger partial charge in [-0.15, -0.1) is 0 Å². The molecule has 0 spiro atoms. The van der Waals surface area contributed by atoms with E-state index in [1.165, 1.54) is 28.6 Å². The lowest BCUT2D eigenvalue weighted by molar-refractivity contribution is -0.121. The molecule has 1 fully saturated rings. The Hall–Kier alpha value is -3.09. The second-order valence-electron chi connectivity index (χ2n) is 9.01. The smallest absolute Gasteiger partial charge is 0.243 e. The maximum atomic E-state index is 13.4. The zero-order valence-corrected chi connectivity index (χ0v) is 22.7. The lowest BCUT2D eigenvalue weighted by Crippen LogP contribution is -2.40. The van der Waals surface area contributed by atoms with Gasteiger partial charge in [-0.1, -0.05) is 60.2 Å². The molecular formula is C27H31N3O6S2. The van der Waals surface area contributed by atoms with Crippen LogP contribution in [-0.2, 0) is 42.7 Å². The molecule has 0 aromatic heterocycles. The van der Waals surface area contributed by atoms with Crippen molar-refractivity contribution in [2.24, 2.45) is 0 Å². The van der Waals surface area contributed by atoms with Crippen molar-refractivity contribution < 1.29 is 26.4 Å². The van der Waals surface area contributed by atoms with Crippen LogP contribution in [0.3, 0.4) is 0 Å². The van der Waals surface area contributed by atoms with Gasteiger partial charge in [-0.3, -0.25) is 4.79 Å². The van der Waals surface area contributed by atoms with Crippen LogP contribution in [0.4, 0.5) is 0 Å². The van der Waals surface area contributed by atoms with E-state index in [-0.39, 0.29) is 29.4 Å². The molecule has 0 bridgehead atoms. The van der Waals surface area contributed by atoms with Gasteiger partial charge in [-0.05, 0) is 42.3 Å². The van der Waals surface area contributed by atoms with Crippen LogP contribution in [0.5, 0.6) is 0 Å². The monoisotopic (exact) mass is 557 g/mol. The van der Waals surface area contributed by atoms with Crippen LogP contribution in [0.25, 0.3) is 0 Å². The highest BCUT2D eigenvalue weighted by Crippen LogP contribution is 2.20. The second kappa shape index (κ2) is 12.2. The molecule has 1 aliphatic rings. The number of carbonyl (C=O) groups is 1. The minimum absolute atomic E-state index is 0.0402. The third-order valence-corrected chi connectivity index (χ3v) is 9.92. The molecule has 4 rings (SSSR count). The molecule has 1 heterocycles. The quantitative estimate of drug-likeness (QED) is 0.410. The first-order valence-corrected chi connectivity index (χ1v) is 15.1. The topological polar surface area (TPSA) is 113 Å². The van der Waals surface area contributed by atoms with E-state index in [2.05, 4.69) is 5.32 Å². The van der Waals surface area contributed by atoms with Gasteiger partial charge in [0.1, 0.15) is 0 Å². The molecule has 9 nitrogen and oxygen atoms in total. The standard InChI is InChI=1S/C27H31N3O6S2/c1-22-7-11-25(12-8-22)38(34,35)30(20-24-5-3-2-4-6-24)21-27(31)28-19-23-9-13-26(14-10-23)37(32,33)29-15-17-36-18-16-29/h2-14H,15-21H2,1H3,(H,28,31). The van der Waals surface area contributed by atoms with Crippen molar-refractivity contribution in [3.63, 3.8) is 0 Å². The van der Waals surface area contributed by atoms with E-state index < -0.39 is 26.0 Å². The van der Waals surface area contributed by atoms with E-state index in [1.54, 1.807) is 24.3 Å². The van der Waals surface area contributed by atoms with Gasteiger partial charge in [0.15, 0.2) is 0 Å². The Morgan fingerprint density at radius 3 is 2.08 bits per heavy atom. The van der Waals surface area contributed by atoms with Gasteiger partial charge in [0.05, 0.1) is 29.5 Å². The fraction of sp³-hybridized carbons (Fsp3) is 0.296. The molecule has 3 aromatic carbocycles. The van der Waals surface area contributed by atoms with Crippen LogP contribution in [0, 0.1) is 6.92 Å². The van der Waals surface area contributed by atoms with Crippen LogP contribution >= 0.6 is 0 Å². The molecule has 1 N–H and O–H groups in total. The first-order chi connectivity index (χ1) is 18.2. The number of rotatable bonds is 10. The number of amides is 1. The minimum atomic E-state index is -3.93. The summed E-state index contributed by atoms with van der Waals surface area (Å²) in [6.07, 6.45) is 0. The molecule has 0 saturated carbocycles. The Morgan fingerprint density at radius 2 is 1.45 bits per heavy atom. The van der Waals surface area contributed by atoms with Gasteiger partial charge in [-0.2, -0.15) is 8.61 Å². The summed E-state index contributed by atoms with van der Waals surface area (Å²) in [7, 11) is -7.54. The summed E-state index contributed by atoms with van der Waals surface area (Å²) in [5.74, 6) is -0.471. The third kappa shape index (κ3) is 6.86. The Labute approximate surface area is 224 Å². The molecule has 11 heteroatoms. The number of hydrogen-bond donors (Lipinski definition) is 1. The number of carbonyl (C=O) groups excluding carboxylic acids is 1. The zero-order valence-electron chi connectivity index (χ0n) is 21.1. The summed E-state index contributed by atoms with van der Waals surface area (Å²) >= 11 is 0. The summed E-state index contributed by atoms with van der Waals surface area (Å²) in [6.45, 7) is 3.02. The van der Waals surface area contributed by atoms with Gasteiger partial charge in [0.25, 0.3) is 0 Å². The van der Waals surface area contributed by atoms with Crippen LogP contribution in [-0.4, -0.2) is 64.2 Å². The van der Waals surface area contributed by atoms with Crippen LogP contribution < -0.4 is 5.32 Å². The molecule has 0 atom stereocenters. The Balaban J connectivity index is 1.43. The fourth-order valence-electron chi connectivity index (χ4n) is 4.00. The van der Waals surface area contributed by atoms with Gasteiger partial charge < -0.3 is 10.1 Å². The summed E-state index contributed by atoms with van der Waals surface area (Å²) in [5, 5.41) is 2.75. The lowest BCUT2D eigenvalue weighted by Gasteiger charge is -2.26. The van der Waals surface area contributed by atoms with Gasteiger partial charge in [-0.25, -0.2) is 16.8 Å². The van der Waals surface area contributed by atoms with Crippen LogP contribution in [0.15, 0.2) is 88.7 Å². The normalized spacial score (nSPS) is 14.9. The van der Waals surface area contributed by atoms with Crippen molar-refractivity contribution >= 4 is 26.0 Å². The maximum Gasteiger partial charge on any atom is 0.243 e. The second-order valence-corrected chi connectivity index (χ2v) is 12.9. The number of sulfonamides is 2. The van der Waals surface area contributed by atoms with Gasteiger partial charge in [0.2, 0.25) is 26.0 Å². The molecule has 3 aromatic rings. The highest BCUT2D eigenvalue weighted by molar-refractivity contribution is 7.89. The lowest BCUT2D eigenvalue weighted by atomic mass is 10.2. The minimum Gasteiger partial charge on any atom is -0.379 e. The molecule has 1 aliphatic heterocycles. The molecule has 0 unspecified atom stereocenters. The molecule has 1 saturated heterocycles. The van der Waals surface area contributed by atoms with Gasteiger partial charge >= 0.3 is 0 Å². The number of hydrogen-bond acceptors (Lipinski definition) is 6. The average molecular weight is 558 g/mol. The van der Waals surface area contributed by atoms with Crippen LogP contribution in [0.1, 0.15) is 16.7 Å². The van der Waals surface area contributed by atoms with E-state index in [0.29, 0.717) is 31.9 Å². The molecule has 202 valence electrons. The predicted molar refractivity (Wildman–Crippen MR) is 143 cm³/mol. The van der Waals surface area contributed by atoms with Crippen molar-refractivity contribution in [3.05, 3.63) is 95.6 Å². The summed E-state index contributed by atoms with van der Waals surface area (Å²) in [6, 6.07) is 21.9. The largest absolute Gasteiger partial charge is 0.379 e. The van der Waals surface area contributed by atoms with Gasteiger partial charge in [0, 0.05) is 26.2 Å². The van der Waals surface area contributed by atoms with E-state index >= 15 is 0 Å². The first kappa shape index (κ1) is 27.9. The van der Waals surface area contributed by atoms with E-state index in [1.807, 2.05) is 37.3 Å². The number of ether oxygens (including phenoxy) is 1. The fourth-order valence-corrected chi connectivity index (χ4v) is 6.80. The van der Waals surface area contributed by atoms with Crippen molar-refractivity contribution in [3.8, 4) is 0 Å². The van der Waals surface area contributed by atoms with E-state index in [0.717, 1.165) is 15.4 Å². The average Bonchev–Trinajstić information content (AvgIpc) is 2.93. The summed E-state index contributed by atoms with van der Waals surface area (Å²) < 4.78 is 60.2. The Kier molecular flexibility index (Phi) is 8.95. The van der Waals surface area contributed by atoms with Crippen molar-refractivity contribution in [1.82, 2.24) is 13.9 Å². The zero-order chi connectivity index (χ0) is 27.2. The van der Waals surface area contributed by atoms with Crippen molar-refractivity contribution in [1.29, 1.82) is 0 Å². The number of nitrogens with one attached hydrogen (secondary N) is 1. The van der Waals surface area contributed by atoms with Crippen LogP contribution in [0.2, 0.25) is 0 Å². The first-order valence-electron chi connectivity index (χ1n) is 12.2. The van der Waals surface area contributed by atoms with Crippen molar-refractivity contribution in [2.45, 2.75) is 29.8 Å². The summed E-state index contributed by atoms with van der Waals surface area (Å²) in [4.78, 5) is 13.1. The number of aryl methyl sites for hydroxylation is 1. The number of nitrogens with zero attached hydrogens (tertiary/aromatic N) is 2. The Morgan fingerprint density at radius 1 is 0.842 bits per heavy atom. The molecule has 38 heavy (non-hydrogen) atoms. The maximum absolute atomic E-state index is 13.4. The Bertz CT molecular complexity index is 1440. The molecule has 0 radical (unpaired) electrons. The molecular weight excluding hydrogens is 526 g/mol. The molecule has 0 aliphatic carbocycles. The number of benzene rings is 3. The molecule has 1 amide bonds. The highest BCUT2D eigenvalue weighted by Gasteiger charge is 2.28. The predicted octanol–water partition coefficient (Wildman–Crippen LogP) is 2.52. The number of morpholine rings is 1. The van der Waals surface area contributed by atoms with Crippen molar-refractivity contribution in [2.75, 3.05) is 32.8 Å². The van der Waals surface area contributed by atoms with E-state index in [9.17, 15) is 21.6 Å². The highest BCUT2D eigenvalue weighted by atomic mass is 32.2.